The molecule has 0 saturated heterocycles. The highest BCUT2D eigenvalue weighted by Gasteiger charge is 2.10. The van der Waals surface area contributed by atoms with Gasteiger partial charge in [-0.15, -0.1) is 0 Å². The topological polar surface area (TPSA) is 151 Å². The molecular formula is C31H30N4O7S2. The number of nitrogens with zero attached hydrogens (tertiary/aromatic N) is 3. The maximum absolute atomic E-state index is 11.2. The molecule has 0 radical (unpaired) electrons. The summed E-state index contributed by atoms with van der Waals surface area (Å²) in [6, 6.07) is 35.3. The van der Waals surface area contributed by atoms with Crippen molar-refractivity contribution < 1.29 is 32.0 Å². The van der Waals surface area contributed by atoms with E-state index in [0.717, 1.165) is 33.2 Å². The summed E-state index contributed by atoms with van der Waals surface area (Å²) in [6.45, 7) is 1.32. The number of nitrogens with one attached hydrogen (secondary N) is 1. The van der Waals surface area contributed by atoms with Crippen molar-refractivity contribution in [2.45, 2.75) is 14.4 Å². The Morgan fingerprint density at radius 3 is 1.55 bits per heavy atom. The van der Waals surface area contributed by atoms with Crippen molar-refractivity contribution in [2.24, 2.45) is 0 Å². The van der Waals surface area contributed by atoms with Gasteiger partial charge in [-0.25, -0.2) is 0 Å². The number of carbonyl (C=O) groups is 1. The lowest BCUT2D eigenvalue weighted by Gasteiger charge is -2.13. The lowest BCUT2D eigenvalue weighted by molar-refractivity contribution is -0.121. The van der Waals surface area contributed by atoms with Crippen molar-refractivity contribution in [1.82, 2.24) is 9.13 Å². The van der Waals surface area contributed by atoms with E-state index >= 15 is 0 Å². The summed E-state index contributed by atoms with van der Waals surface area (Å²) < 4.78 is 37.4. The number of anilines is 2. The summed E-state index contributed by atoms with van der Waals surface area (Å²) in [7, 11) is 0. The van der Waals surface area contributed by atoms with E-state index in [0.29, 0.717) is 16.4 Å². The van der Waals surface area contributed by atoms with Crippen LogP contribution in [0.3, 0.4) is 0 Å². The average Bonchev–Trinajstić information content (AvgIpc) is 3.66. The number of rotatable bonds is 4. The summed E-state index contributed by atoms with van der Waals surface area (Å²) in [5.41, 5.74) is 7.67. The zero-order valence-corrected chi connectivity index (χ0v) is 24.3. The molecular weight excluding hydrogens is 604 g/mol. The second kappa shape index (κ2) is 17.7. The molecule has 13 heteroatoms. The Bertz CT molecular complexity index is 1850. The molecule has 0 unspecified atom stereocenters. The molecule has 1 amide bonds. The van der Waals surface area contributed by atoms with Gasteiger partial charge in [0.05, 0.1) is 22.4 Å². The first-order valence-corrected chi connectivity index (χ1v) is 13.8. The Balaban J connectivity index is 0.000000258. The van der Waals surface area contributed by atoms with Crippen molar-refractivity contribution >= 4 is 62.2 Å². The molecule has 44 heavy (non-hydrogen) atoms. The number of hydroxylamine groups is 1. The Morgan fingerprint density at radius 1 is 0.682 bits per heavy atom. The maximum atomic E-state index is 11.2. The molecule has 2 heterocycles. The molecule has 4 aromatic carbocycles. The molecule has 0 bridgehead atoms. The van der Waals surface area contributed by atoms with Crippen molar-refractivity contribution in [3.05, 3.63) is 122 Å². The van der Waals surface area contributed by atoms with Gasteiger partial charge in [-0.3, -0.25) is 20.7 Å². The molecule has 0 aliphatic carbocycles. The third-order valence-electron chi connectivity index (χ3n) is 6.10. The smallest absolute Gasteiger partial charge is 0.317 e. The molecule has 0 atom stereocenters. The summed E-state index contributed by atoms with van der Waals surface area (Å²) in [5.74, 6) is -0.410. The molecule has 0 saturated carbocycles. The van der Waals surface area contributed by atoms with Gasteiger partial charge in [0.1, 0.15) is 0 Å². The molecule has 228 valence electrons. The standard InChI is InChI=1S/C16H14N2O2.C14H12N2O.CH4.2O2S/c1-12(19)18(20)15-7-8-16-13(11-15)9-10-17(16)14-5-3-2-4-6-14;17-15-12-6-7-14-11(10-12)8-9-16(14)13-4-2-1-3-5-13;;2*1-3-2/h2-11,20H,1H3;1-10,15,17H;1H4;;. The lowest BCUT2D eigenvalue weighted by atomic mass is 10.2. The fraction of sp³-hybridized carbons (Fsp3) is 0.0645. The zero-order valence-electron chi connectivity index (χ0n) is 22.6. The molecule has 0 spiro atoms. The highest BCUT2D eigenvalue weighted by molar-refractivity contribution is 7.51. The predicted octanol–water partition coefficient (Wildman–Crippen LogP) is 6.10. The molecule has 11 nitrogen and oxygen atoms in total. The largest absolute Gasteiger partial charge is 0.335 e. The van der Waals surface area contributed by atoms with E-state index in [2.05, 4.69) is 26.7 Å². The number of carbonyl (C=O) groups excluding carboxylic acids is 1. The Morgan fingerprint density at radius 2 is 1.11 bits per heavy atom. The molecule has 0 aliphatic rings. The van der Waals surface area contributed by atoms with Gasteiger partial charge in [0, 0.05) is 41.5 Å². The van der Waals surface area contributed by atoms with E-state index in [1.165, 1.54) is 6.92 Å². The van der Waals surface area contributed by atoms with Crippen LogP contribution in [0.25, 0.3) is 33.2 Å². The van der Waals surface area contributed by atoms with E-state index in [1.807, 2.05) is 97.3 Å². The van der Waals surface area contributed by atoms with Crippen LogP contribution in [0.4, 0.5) is 11.4 Å². The van der Waals surface area contributed by atoms with Crippen LogP contribution in [0.1, 0.15) is 14.4 Å². The van der Waals surface area contributed by atoms with E-state index < -0.39 is 29.0 Å². The van der Waals surface area contributed by atoms with Gasteiger partial charge in [0.2, 0.25) is 5.91 Å². The molecule has 0 fully saturated rings. The molecule has 3 N–H and O–H groups in total. The van der Waals surface area contributed by atoms with Gasteiger partial charge in [-0.1, -0.05) is 43.8 Å². The van der Waals surface area contributed by atoms with E-state index in [1.54, 1.807) is 12.1 Å². The summed E-state index contributed by atoms with van der Waals surface area (Å²) in [5, 5.41) is 21.2. The van der Waals surface area contributed by atoms with Crippen molar-refractivity contribution in [1.29, 1.82) is 0 Å². The van der Waals surface area contributed by atoms with Crippen molar-refractivity contribution in [3.63, 3.8) is 0 Å². The molecule has 0 aliphatic heterocycles. The number of hydrogen-bond acceptors (Lipinski definition) is 8. The molecule has 6 rings (SSSR count). The Labute approximate surface area is 260 Å². The fourth-order valence-electron chi connectivity index (χ4n) is 4.28. The number of hydrogen-bond donors (Lipinski definition) is 3. The van der Waals surface area contributed by atoms with Gasteiger partial charge in [-0.2, -0.15) is 21.9 Å². The molecule has 6 aromatic rings. The number of benzene rings is 4. The maximum Gasteiger partial charge on any atom is 0.335 e. The summed E-state index contributed by atoms with van der Waals surface area (Å²) in [6.07, 6.45) is 4.00. The third kappa shape index (κ3) is 8.89. The number of aromatic nitrogens is 2. The predicted molar refractivity (Wildman–Crippen MR) is 171 cm³/mol. The van der Waals surface area contributed by atoms with Gasteiger partial charge in [-0.05, 0) is 72.8 Å². The minimum absolute atomic E-state index is 0. The van der Waals surface area contributed by atoms with Gasteiger partial charge in [0.25, 0.3) is 0 Å². The van der Waals surface area contributed by atoms with Crippen LogP contribution >= 0.6 is 0 Å². The quantitative estimate of drug-likeness (QED) is 0.155. The third-order valence-corrected chi connectivity index (χ3v) is 6.10. The van der Waals surface area contributed by atoms with Gasteiger partial charge >= 0.3 is 23.1 Å². The number of para-hydroxylation sites is 2. The normalized spacial score (nSPS) is 9.52. The zero-order chi connectivity index (χ0) is 31.2. The summed E-state index contributed by atoms with van der Waals surface area (Å²) >= 11 is -1.50. The van der Waals surface area contributed by atoms with Crippen LogP contribution in [0.5, 0.6) is 0 Å². The van der Waals surface area contributed by atoms with Crippen molar-refractivity contribution in [3.8, 4) is 11.4 Å². The monoisotopic (exact) mass is 634 g/mol. The summed E-state index contributed by atoms with van der Waals surface area (Å²) in [4.78, 5) is 11.2. The lowest BCUT2D eigenvalue weighted by Crippen LogP contribution is -2.23. The van der Waals surface area contributed by atoms with E-state index in [9.17, 15) is 10.0 Å². The second-order valence-electron chi connectivity index (χ2n) is 8.64. The van der Waals surface area contributed by atoms with Gasteiger partial charge in [0.15, 0.2) is 0 Å². The van der Waals surface area contributed by atoms with Crippen LogP contribution in [0.2, 0.25) is 0 Å². The number of amides is 1. The molecule has 2 aromatic heterocycles. The minimum atomic E-state index is -0.750. The first-order valence-electron chi connectivity index (χ1n) is 12.4. The van der Waals surface area contributed by atoms with Crippen LogP contribution in [-0.2, 0) is 27.9 Å². The first kappa shape index (κ1) is 35.0. The first-order chi connectivity index (χ1) is 20.9. The minimum Gasteiger partial charge on any atom is -0.317 e. The van der Waals surface area contributed by atoms with Crippen LogP contribution in [0.15, 0.2) is 122 Å². The highest BCUT2D eigenvalue weighted by Crippen LogP contribution is 2.25. The van der Waals surface area contributed by atoms with E-state index in [4.69, 9.17) is 22.0 Å². The Kier molecular flexibility index (Phi) is 14.1. The average molecular weight is 635 g/mol. The number of fused-ring (bicyclic) bond motifs is 2. The second-order valence-corrected chi connectivity index (χ2v) is 8.91. The SMILES string of the molecule is C.CC(=O)N(O)c1ccc2c(ccn2-c2ccccc2)c1.O=S=O.O=S=O.ONc1ccc2c(ccn2-c2ccccc2)c1. The van der Waals surface area contributed by atoms with Crippen LogP contribution in [0, 0.1) is 0 Å². The van der Waals surface area contributed by atoms with Gasteiger partial charge < -0.3 is 9.13 Å². The van der Waals surface area contributed by atoms with Crippen LogP contribution < -0.4 is 10.5 Å². The van der Waals surface area contributed by atoms with Crippen LogP contribution in [-0.4, -0.2) is 42.3 Å². The fourth-order valence-corrected chi connectivity index (χ4v) is 4.28. The van der Waals surface area contributed by atoms with Crippen molar-refractivity contribution in [2.75, 3.05) is 10.5 Å². The van der Waals surface area contributed by atoms with E-state index in [-0.39, 0.29) is 7.43 Å². The Hall–Kier alpha value is -5.21. The highest BCUT2D eigenvalue weighted by atomic mass is 32.1.